The maximum Gasteiger partial charge on any atom is 0.0323 e. The van der Waals surface area contributed by atoms with E-state index in [0.29, 0.717) is 12.1 Å². The summed E-state index contributed by atoms with van der Waals surface area (Å²) in [7, 11) is 0. The van der Waals surface area contributed by atoms with Crippen LogP contribution in [0.15, 0.2) is 60.7 Å². The Hall–Kier alpha value is -1.60. The topological polar surface area (TPSA) is 12.0 Å². The third-order valence-corrected chi connectivity index (χ3v) is 3.36. The zero-order valence-corrected chi connectivity index (χ0v) is 11.1. The van der Waals surface area contributed by atoms with Gasteiger partial charge in [0.2, 0.25) is 0 Å². The van der Waals surface area contributed by atoms with Crippen molar-refractivity contribution in [3.63, 3.8) is 0 Å². The van der Waals surface area contributed by atoms with E-state index in [-0.39, 0.29) is 0 Å². The van der Waals surface area contributed by atoms with Gasteiger partial charge in [0.25, 0.3) is 0 Å². The summed E-state index contributed by atoms with van der Waals surface area (Å²) in [6.45, 7) is 4.45. The van der Waals surface area contributed by atoms with E-state index in [4.69, 9.17) is 0 Å². The standard InChI is InChI=1S/C17H21N/c1-3-17(16-12-8-5-9-13-16)18-14(2)15-10-6-4-7-11-15/h4-14,17-18H,3H2,1-2H3. The molecule has 0 bridgehead atoms. The van der Waals surface area contributed by atoms with Gasteiger partial charge in [-0.05, 0) is 24.5 Å². The summed E-state index contributed by atoms with van der Waals surface area (Å²) in [4.78, 5) is 0. The van der Waals surface area contributed by atoms with Crippen molar-refractivity contribution >= 4 is 0 Å². The average molecular weight is 239 g/mol. The zero-order chi connectivity index (χ0) is 12.8. The van der Waals surface area contributed by atoms with Crippen molar-refractivity contribution in [3.8, 4) is 0 Å². The highest BCUT2D eigenvalue weighted by Crippen LogP contribution is 2.21. The summed E-state index contributed by atoms with van der Waals surface area (Å²) in [5.41, 5.74) is 2.70. The van der Waals surface area contributed by atoms with Crippen LogP contribution in [0.1, 0.15) is 43.5 Å². The van der Waals surface area contributed by atoms with Gasteiger partial charge in [0.15, 0.2) is 0 Å². The minimum Gasteiger partial charge on any atom is -0.303 e. The van der Waals surface area contributed by atoms with E-state index >= 15 is 0 Å². The molecule has 2 atom stereocenters. The third-order valence-electron chi connectivity index (χ3n) is 3.36. The van der Waals surface area contributed by atoms with Gasteiger partial charge < -0.3 is 5.32 Å². The highest BCUT2D eigenvalue weighted by atomic mass is 14.9. The van der Waals surface area contributed by atoms with Gasteiger partial charge >= 0.3 is 0 Å². The van der Waals surface area contributed by atoms with Crippen LogP contribution in [0.4, 0.5) is 0 Å². The van der Waals surface area contributed by atoms with Crippen LogP contribution in [0.2, 0.25) is 0 Å². The molecule has 0 aromatic heterocycles. The van der Waals surface area contributed by atoms with Gasteiger partial charge in [-0.1, -0.05) is 67.6 Å². The smallest absolute Gasteiger partial charge is 0.0323 e. The summed E-state index contributed by atoms with van der Waals surface area (Å²) >= 11 is 0. The molecule has 0 saturated carbocycles. The molecule has 0 saturated heterocycles. The minimum absolute atomic E-state index is 0.372. The third kappa shape index (κ3) is 3.21. The SMILES string of the molecule is CCC(NC(C)c1ccccc1)c1ccccc1. The van der Waals surface area contributed by atoms with Crippen molar-refractivity contribution in [2.75, 3.05) is 0 Å². The fourth-order valence-corrected chi connectivity index (χ4v) is 2.27. The van der Waals surface area contributed by atoms with Crippen LogP contribution in [0.3, 0.4) is 0 Å². The number of hydrogen-bond donors (Lipinski definition) is 1. The first kappa shape index (κ1) is 12.8. The second kappa shape index (κ2) is 6.36. The molecule has 0 aliphatic heterocycles. The summed E-state index contributed by atoms with van der Waals surface area (Å²) in [5, 5.41) is 3.70. The number of nitrogens with one attached hydrogen (secondary N) is 1. The first-order valence-corrected chi connectivity index (χ1v) is 6.67. The van der Waals surface area contributed by atoms with Crippen LogP contribution >= 0.6 is 0 Å². The molecule has 2 aromatic carbocycles. The van der Waals surface area contributed by atoms with E-state index in [1.54, 1.807) is 0 Å². The Morgan fingerprint density at radius 2 is 1.33 bits per heavy atom. The largest absolute Gasteiger partial charge is 0.303 e. The molecule has 0 radical (unpaired) electrons. The Morgan fingerprint density at radius 1 is 0.833 bits per heavy atom. The molecule has 2 rings (SSSR count). The lowest BCUT2D eigenvalue weighted by atomic mass is 10.0. The van der Waals surface area contributed by atoms with Crippen LogP contribution < -0.4 is 5.32 Å². The van der Waals surface area contributed by atoms with E-state index in [9.17, 15) is 0 Å². The molecule has 1 N–H and O–H groups in total. The maximum atomic E-state index is 3.70. The van der Waals surface area contributed by atoms with Crippen molar-refractivity contribution in [1.82, 2.24) is 5.32 Å². The Kier molecular flexibility index (Phi) is 4.54. The molecule has 0 fully saturated rings. The van der Waals surface area contributed by atoms with E-state index < -0.39 is 0 Å². The van der Waals surface area contributed by atoms with Crippen molar-refractivity contribution in [2.24, 2.45) is 0 Å². The van der Waals surface area contributed by atoms with Crippen molar-refractivity contribution < 1.29 is 0 Å². The number of rotatable bonds is 5. The first-order valence-electron chi connectivity index (χ1n) is 6.67. The minimum atomic E-state index is 0.372. The molecule has 0 aliphatic carbocycles. The van der Waals surface area contributed by atoms with Crippen LogP contribution in [-0.2, 0) is 0 Å². The quantitative estimate of drug-likeness (QED) is 0.810. The Bertz CT molecular complexity index is 450. The molecule has 0 amide bonds. The molecule has 18 heavy (non-hydrogen) atoms. The maximum absolute atomic E-state index is 3.70. The molecule has 0 heterocycles. The van der Waals surface area contributed by atoms with Gasteiger partial charge in [-0.2, -0.15) is 0 Å². The van der Waals surface area contributed by atoms with Gasteiger partial charge in [-0.3, -0.25) is 0 Å². The molecule has 1 heteroatoms. The fourth-order valence-electron chi connectivity index (χ4n) is 2.27. The van der Waals surface area contributed by atoms with E-state index in [0.717, 1.165) is 6.42 Å². The van der Waals surface area contributed by atoms with Crippen molar-refractivity contribution in [2.45, 2.75) is 32.4 Å². The Balaban J connectivity index is 2.07. The van der Waals surface area contributed by atoms with Gasteiger partial charge in [0.05, 0.1) is 0 Å². The van der Waals surface area contributed by atoms with Crippen LogP contribution in [0.5, 0.6) is 0 Å². The predicted molar refractivity (Wildman–Crippen MR) is 77.5 cm³/mol. The second-order valence-electron chi connectivity index (χ2n) is 4.67. The van der Waals surface area contributed by atoms with Crippen molar-refractivity contribution in [3.05, 3.63) is 71.8 Å². The Labute approximate surface area is 110 Å². The molecule has 0 aliphatic rings. The summed E-state index contributed by atoms with van der Waals surface area (Å²) in [6.07, 6.45) is 1.10. The Morgan fingerprint density at radius 3 is 1.83 bits per heavy atom. The van der Waals surface area contributed by atoms with E-state index in [1.165, 1.54) is 11.1 Å². The van der Waals surface area contributed by atoms with Crippen molar-refractivity contribution in [1.29, 1.82) is 0 Å². The normalized spacial score (nSPS) is 14.1. The lowest BCUT2D eigenvalue weighted by Crippen LogP contribution is -2.24. The van der Waals surface area contributed by atoms with Gasteiger partial charge in [-0.15, -0.1) is 0 Å². The van der Waals surface area contributed by atoms with Gasteiger partial charge in [0.1, 0.15) is 0 Å². The fraction of sp³-hybridized carbons (Fsp3) is 0.294. The van der Waals surface area contributed by atoms with Crippen LogP contribution in [0, 0.1) is 0 Å². The van der Waals surface area contributed by atoms with Crippen LogP contribution in [0.25, 0.3) is 0 Å². The molecule has 1 nitrogen and oxygen atoms in total. The highest BCUT2D eigenvalue weighted by molar-refractivity contribution is 5.22. The second-order valence-corrected chi connectivity index (χ2v) is 4.67. The summed E-state index contributed by atoms with van der Waals surface area (Å²) in [6, 6.07) is 22.1. The zero-order valence-electron chi connectivity index (χ0n) is 11.1. The molecule has 2 aromatic rings. The van der Waals surface area contributed by atoms with E-state index in [1.807, 2.05) is 0 Å². The van der Waals surface area contributed by atoms with Gasteiger partial charge in [-0.25, -0.2) is 0 Å². The lowest BCUT2D eigenvalue weighted by Gasteiger charge is -2.23. The van der Waals surface area contributed by atoms with E-state index in [2.05, 4.69) is 79.8 Å². The first-order chi connectivity index (χ1) is 8.81. The molecular formula is C17H21N. The number of benzene rings is 2. The lowest BCUT2D eigenvalue weighted by molar-refractivity contribution is 0.456. The van der Waals surface area contributed by atoms with Gasteiger partial charge in [0, 0.05) is 12.1 Å². The predicted octanol–water partition coefficient (Wildman–Crippen LogP) is 4.49. The number of hydrogen-bond acceptors (Lipinski definition) is 1. The summed E-state index contributed by atoms with van der Waals surface area (Å²) < 4.78 is 0. The summed E-state index contributed by atoms with van der Waals surface area (Å²) in [5.74, 6) is 0. The molecule has 94 valence electrons. The monoisotopic (exact) mass is 239 g/mol. The molecule has 2 unspecified atom stereocenters. The van der Waals surface area contributed by atoms with Crippen LogP contribution in [-0.4, -0.2) is 0 Å². The molecule has 0 spiro atoms. The average Bonchev–Trinajstić information content (AvgIpc) is 2.46. The molecular weight excluding hydrogens is 218 g/mol. The highest BCUT2D eigenvalue weighted by Gasteiger charge is 2.12.